The summed E-state index contributed by atoms with van der Waals surface area (Å²) in [6, 6.07) is 9.35. The van der Waals surface area contributed by atoms with E-state index in [1.54, 1.807) is 11.8 Å². The number of methoxy groups -OCH3 is 1. The number of hydrogen-bond acceptors (Lipinski definition) is 3. The van der Waals surface area contributed by atoms with Crippen molar-refractivity contribution in [2.75, 3.05) is 12.0 Å². The summed E-state index contributed by atoms with van der Waals surface area (Å²) in [5.41, 5.74) is -0.493. The van der Waals surface area contributed by atoms with Crippen LogP contribution in [-0.2, 0) is 14.3 Å². The average Bonchev–Trinajstić information content (AvgIpc) is 2.70. The van der Waals surface area contributed by atoms with Gasteiger partial charge in [0.2, 0.25) is 5.60 Å². The van der Waals surface area contributed by atoms with Crippen molar-refractivity contribution in [1.29, 1.82) is 0 Å². The molecule has 0 spiro atoms. The lowest BCUT2D eigenvalue weighted by Crippen LogP contribution is -2.48. The third-order valence-electron chi connectivity index (χ3n) is 3.74. The molecule has 0 N–H and O–H groups in total. The predicted octanol–water partition coefficient (Wildman–Crippen LogP) is 2.18. The molecule has 1 aliphatic heterocycles. The van der Waals surface area contributed by atoms with Gasteiger partial charge in [-0.3, -0.25) is 9.59 Å². The summed E-state index contributed by atoms with van der Waals surface area (Å²) in [5, 5.41) is 0. The van der Waals surface area contributed by atoms with Gasteiger partial charge in [0.15, 0.2) is 5.78 Å². The molecule has 1 aliphatic rings. The molecule has 0 bridgehead atoms. The SMILES string of the molecule is CCC(=O)C1(OC)CC(C)N(c2ccccc2)C1=O. The summed E-state index contributed by atoms with van der Waals surface area (Å²) in [5.74, 6) is -0.397. The van der Waals surface area contributed by atoms with Crippen LogP contribution in [0.4, 0.5) is 5.69 Å². The number of Topliss-reactive ketones (excluding diaryl/α,β-unsaturated/α-hetero) is 1. The molecule has 0 aromatic heterocycles. The minimum absolute atomic E-state index is 0.0506. The highest BCUT2D eigenvalue weighted by Crippen LogP contribution is 2.36. The van der Waals surface area contributed by atoms with E-state index in [2.05, 4.69) is 0 Å². The Hall–Kier alpha value is -1.68. The molecule has 2 unspecified atom stereocenters. The first-order valence-electron chi connectivity index (χ1n) is 6.54. The van der Waals surface area contributed by atoms with Gasteiger partial charge >= 0.3 is 0 Å². The van der Waals surface area contributed by atoms with E-state index < -0.39 is 5.60 Å². The Labute approximate surface area is 113 Å². The molecular weight excluding hydrogens is 242 g/mol. The maximum absolute atomic E-state index is 12.6. The molecular formula is C15H19NO3. The number of ketones is 1. The van der Waals surface area contributed by atoms with Crippen molar-refractivity contribution >= 4 is 17.4 Å². The van der Waals surface area contributed by atoms with E-state index in [0.717, 1.165) is 5.69 Å². The van der Waals surface area contributed by atoms with E-state index in [4.69, 9.17) is 4.74 Å². The highest BCUT2D eigenvalue weighted by atomic mass is 16.5. The second-order valence-electron chi connectivity index (χ2n) is 4.87. The first kappa shape index (κ1) is 13.7. The molecule has 0 radical (unpaired) electrons. The van der Waals surface area contributed by atoms with Crippen LogP contribution in [0.5, 0.6) is 0 Å². The lowest BCUT2D eigenvalue weighted by atomic mass is 9.93. The molecule has 0 saturated carbocycles. The van der Waals surface area contributed by atoms with E-state index in [0.29, 0.717) is 12.8 Å². The number of carbonyl (C=O) groups excluding carboxylic acids is 2. The van der Waals surface area contributed by atoms with Crippen LogP contribution in [0.25, 0.3) is 0 Å². The first-order chi connectivity index (χ1) is 9.06. The summed E-state index contributed by atoms with van der Waals surface area (Å²) in [7, 11) is 1.44. The van der Waals surface area contributed by atoms with Crippen LogP contribution in [0.1, 0.15) is 26.7 Å². The molecule has 19 heavy (non-hydrogen) atoms. The Morgan fingerprint density at radius 3 is 2.58 bits per heavy atom. The zero-order valence-corrected chi connectivity index (χ0v) is 11.6. The number of anilines is 1. The van der Waals surface area contributed by atoms with Gasteiger partial charge in [-0.1, -0.05) is 25.1 Å². The van der Waals surface area contributed by atoms with Crippen molar-refractivity contribution in [3.05, 3.63) is 30.3 Å². The number of hydrogen-bond donors (Lipinski definition) is 0. The molecule has 1 saturated heterocycles. The Balaban J connectivity index is 2.40. The monoisotopic (exact) mass is 261 g/mol. The van der Waals surface area contributed by atoms with Gasteiger partial charge in [0.1, 0.15) is 0 Å². The van der Waals surface area contributed by atoms with Crippen molar-refractivity contribution in [3.8, 4) is 0 Å². The zero-order valence-electron chi connectivity index (χ0n) is 11.6. The van der Waals surface area contributed by atoms with Crippen molar-refractivity contribution in [2.24, 2.45) is 0 Å². The van der Waals surface area contributed by atoms with Crippen molar-refractivity contribution in [3.63, 3.8) is 0 Å². The minimum atomic E-state index is -1.30. The van der Waals surface area contributed by atoms with Crippen LogP contribution < -0.4 is 4.90 Å². The molecule has 1 heterocycles. The molecule has 2 atom stereocenters. The largest absolute Gasteiger partial charge is 0.361 e. The molecule has 1 amide bonds. The number of carbonyl (C=O) groups is 2. The molecule has 1 aromatic carbocycles. The molecule has 2 rings (SSSR count). The Bertz CT molecular complexity index is 485. The number of benzene rings is 1. The van der Waals surface area contributed by atoms with Crippen LogP contribution in [-0.4, -0.2) is 30.4 Å². The van der Waals surface area contributed by atoms with Crippen molar-refractivity contribution in [1.82, 2.24) is 0 Å². The Morgan fingerprint density at radius 1 is 1.42 bits per heavy atom. The third-order valence-corrected chi connectivity index (χ3v) is 3.74. The molecule has 0 aliphatic carbocycles. The lowest BCUT2D eigenvalue weighted by molar-refractivity contribution is -0.151. The van der Waals surface area contributed by atoms with Gasteiger partial charge in [0, 0.05) is 31.7 Å². The van der Waals surface area contributed by atoms with Crippen LogP contribution in [0.2, 0.25) is 0 Å². The van der Waals surface area contributed by atoms with Gasteiger partial charge in [0.05, 0.1) is 0 Å². The fraction of sp³-hybridized carbons (Fsp3) is 0.467. The molecule has 1 fully saturated rings. The molecule has 102 valence electrons. The van der Waals surface area contributed by atoms with E-state index in [1.807, 2.05) is 37.3 Å². The fourth-order valence-electron chi connectivity index (χ4n) is 2.75. The quantitative estimate of drug-likeness (QED) is 0.780. The molecule has 4 nitrogen and oxygen atoms in total. The average molecular weight is 261 g/mol. The van der Waals surface area contributed by atoms with Crippen molar-refractivity contribution in [2.45, 2.75) is 38.3 Å². The number of rotatable bonds is 4. The minimum Gasteiger partial charge on any atom is -0.361 e. The lowest BCUT2D eigenvalue weighted by Gasteiger charge is -2.25. The van der Waals surface area contributed by atoms with E-state index in [1.165, 1.54) is 7.11 Å². The molecule has 1 aromatic rings. The van der Waals surface area contributed by atoms with Crippen molar-refractivity contribution < 1.29 is 14.3 Å². The second-order valence-corrected chi connectivity index (χ2v) is 4.87. The number of ether oxygens (including phenoxy) is 1. The van der Waals surface area contributed by atoms with Crippen LogP contribution in [0.3, 0.4) is 0 Å². The smallest absolute Gasteiger partial charge is 0.267 e. The second kappa shape index (κ2) is 5.13. The summed E-state index contributed by atoms with van der Waals surface area (Å²) in [6.45, 7) is 3.70. The summed E-state index contributed by atoms with van der Waals surface area (Å²) in [4.78, 5) is 26.4. The standard InChI is InChI=1S/C15H19NO3/c1-4-13(17)15(19-3)10-11(2)16(14(15)18)12-8-6-5-7-9-12/h5-9,11H,4,10H2,1-3H3. The molecule has 4 heteroatoms. The van der Waals surface area contributed by atoms with Gasteiger partial charge in [-0.05, 0) is 19.1 Å². The third kappa shape index (κ3) is 2.06. The predicted molar refractivity (Wildman–Crippen MR) is 73.0 cm³/mol. The van der Waals surface area contributed by atoms with Gasteiger partial charge in [-0.2, -0.15) is 0 Å². The summed E-state index contributed by atoms with van der Waals surface area (Å²) in [6.07, 6.45) is 0.707. The normalized spacial score (nSPS) is 26.8. The van der Waals surface area contributed by atoms with Gasteiger partial charge in [-0.15, -0.1) is 0 Å². The highest BCUT2D eigenvalue weighted by molar-refractivity contribution is 6.17. The number of para-hydroxylation sites is 1. The summed E-state index contributed by atoms with van der Waals surface area (Å²) >= 11 is 0. The topological polar surface area (TPSA) is 46.6 Å². The van der Waals surface area contributed by atoms with Gasteiger partial charge < -0.3 is 9.64 Å². The zero-order chi connectivity index (χ0) is 14.0. The highest BCUT2D eigenvalue weighted by Gasteiger charge is 2.55. The van der Waals surface area contributed by atoms with E-state index in [9.17, 15) is 9.59 Å². The summed E-state index contributed by atoms with van der Waals surface area (Å²) < 4.78 is 5.35. The maximum atomic E-state index is 12.6. The van der Waals surface area contributed by atoms with Crippen LogP contribution in [0.15, 0.2) is 30.3 Å². The van der Waals surface area contributed by atoms with E-state index in [-0.39, 0.29) is 17.7 Å². The first-order valence-corrected chi connectivity index (χ1v) is 6.54. The number of amides is 1. The van der Waals surface area contributed by atoms with Gasteiger partial charge in [0.25, 0.3) is 5.91 Å². The maximum Gasteiger partial charge on any atom is 0.267 e. The van der Waals surface area contributed by atoms with Crippen LogP contribution >= 0.6 is 0 Å². The van der Waals surface area contributed by atoms with Gasteiger partial charge in [-0.25, -0.2) is 0 Å². The Kier molecular flexibility index (Phi) is 3.71. The van der Waals surface area contributed by atoms with E-state index >= 15 is 0 Å². The number of nitrogens with zero attached hydrogens (tertiary/aromatic N) is 1. The fourth-order valence-corrected chi connectivity index (χ4v) is 2.75. The Morgan fingerprint density at radius 2 is 2.05 bits per heavy atom. The van der Waals surface area contributed by atoms with Crippen LogP contribution in [0, 0.1) is 0 Å².